The predicted molar refractivity (Wildman–Crippen MR) is 81.0 cm³/mol. The Morgan fingerprint density at radius 3 is 2.86 bits per heavy atom. The van der Waals surface area contributed by atoms with E-state index in [4.69, 9.17) is 5.11 Å². The van der Waals surface area contributed by atoms with Crippen LogP contribution in [0.4, 0.5) is 5.69 Å². The number of hydrogen-bond donors (Lipinski definition) is 2. The summed E-state index contributed by atoms with van der Waals surface area (Å²) in [6, 6.07) is 7.25. The Hall–Kier alpha value is -2.58. The van der Waals surface area contributed by atoms with E-state index < -0.39 is 0 Å². The Kier molecular flexibility index (Phi) is 4.75. The number of nitrogens with zero attached hydrogens (tertiary/aromatic N) is 2. The van der Waals surface area contributed by atoms with Crippen molar-refractivity contribution >= 4 is 11.6 Å². The number of benzene rings is 1. The van der Waals surface area contributed by atoms with Gasteiger partial charge >= 0.3 is 0 Å². The van der Waals surface area contributed by atoms with Gasteiger partial charge in [-0.05, 0) is 26.0 Å². The molecule has 0 aliphatic heterocycles. The van der Waals surface area contributed by atoms with Crippen molar-refractivity contribution in [2.75, 3.05) is 11.9 Å². The van der Waals surface area contributed by atoms with Crippen molar-refractivity contribution in [2.24, 2.45) is 0 Å². The van der Waals surface area contributed by atoms with Gasteiger partial charge in [0.05, 0.1) is 17.4 Å². The van der Waals surface area contributed by atoms with Crippen LogP contribution in [-0.4, -0.2) is 27.4 Å². The van der Waals surface area contributed by atoms with Crippen molar-refractivity contribution in [3.8, 4) is 11.8 Å². The number of amides is 1. The molecule has 0 unspecified atom stereocenters. The van der Waals surface area contributed by atoms with E-state index in [-0.39, 0.29) is 18.6 Å². The van der Waals surface area contributed by atoms with Gasteiger partial charge in [0.1, 0.15) is 6.61 Å². The van der Waals surface area contributed by atoms with E-state index in [1.165, 1.54) is 0 Å². The summed E-state index contributed by atoms with van der Waals surface area (Å²) >= 11 is 0. The number of carbonyl (C=O) groups excluding carboxylic acids is 1. The van der Waals surface area contributed by atoms with Crippen molar-refractivity contribution in [3.63, 3.8) is 0 Å². The molecule has 1 amide bonds. The van der Waals surface area contributed by atoms with Gasteiger partial charge in [-0.15, -0.1) is 0 Å². The SMILES string of the molecule is CC(C)n1cc(NC(=O)c2ccccc2C#CCO)cn1. The van der Waals surface area contributed by atoms with E-state index in [0.29, 0.717) is 16.8 Å². The molecule has 1 heterocycles. The van der Waals surface area contributed by atoms with Crippen LogP contribution in [0.15, 0.2) is 36.7 Å². The zero-order valence-electron chi connectivity index (χ0n) is 12.0. The second-order valence-corrected chi connectivity index (χ2v) is 4.76. The first-order chi connectivity index (χ1) is 10.1. The lowest BCUT2D eigenvalue weighted by atomic mass is 10.1. The third kappa shape index (κ3) is 3.71. The number of aromatic nitrogens is 2. The second kappa shape index (κ2) is 6.73. The molecule has 5 heteroatoms. The van der Waals surface area contributed by atoms with Crippen LogP contribution in [0.2, 0.25) is 0 Å². The van der Waals surface area contributed by atoms with Gasteiger partial charge in [-0.1, -0.05) is 24.0 Å². The van der Waals surface area contributed by atoms with E-state index in [1.54, 1.807) is 41.3 Å². The van der Waals surface area contributed by atoms with Crippen LogP contribution in [0.3, 0.4) is 0 Å². The van der Waals surface area contributed by atoms with Crippen LogP contribution >= 0.6 is 0 Å². The molecule has 108 valence electrons. The molecule has 0 radical (unpaired) electrons. The normalized spacial score (nSPS) is 10.1. The highest BCUT2D eigenvalue weighted by molar-refractivity contribution is 6.05. The van der Waals surface area contributed by atoms with E-state index in [0.717, 1.165) is 0 Å². The fourth-order valence-corrected chi connectivity index (χ4v) is 1.81. The molecule has 2 N–H and O–H groups in total. The molecular formula is C16H17N3O2. The fraction of sp³-hybridized carbons (Fsp3) is 0.250. The number of rotatable bonds is 3. The minimum absolute atomic E-state index is 0.235. The summed E-state index contributed by atoms with van der Waals surface area (Å²) in [7, 11) is 0. The Morgan fingerprint density at radius 1 is 1.43 bits per heavy atom. The molecule has 2 aromatic rings. The quantitative estimate of drug-likeness (QED) is 0.847. The van der Waals surface area contributed by atoms with E-state index >= 15 is 0 Å². The van der Waals surface area contributed by atoms with Crippen LogP contribution in [0.5, 0.6) is 0 Å². The molecular weight excluding hydrogens is 266 g/mol. The molecule has 0 bridgehead atoms. The summed E-state index contributed by atoms with van der Waals surface area (Å²) < 4.78 is 1.77. The topological polar surface area (TPSA) is 67.2 Å². The van der Waals surface area contributed by atoms with Crippen molar-refractivity contribution in [1.29, 1.82) is 0 Å². The number of aliphatic hydroxyl groups excluding tert-OH is 1. The largest absolute Gasteiger partial charge is 0.384 e. The number of anilines is 1. The molecule has 0 aliphatic carbocycles. The summed E-state index contributed by atoms with van der Waals surface area (Å²) in [6.45, 7) is 3.79. The first-order valence-electron chi connectivity index (χ1n) is 6.66. The Labute approximate surface area is 123 Å². The van der Waals surface area contributed by atoms with Crippen LogP contribution < -0.4 is 5.32 Å². The highest BCUT2D eigenvalue weighted by Gasteiger charge is 2.11. The summed E-state index contributed by atoms with van der Waals surface area (Å²) in [5, 5.41) is 15.7. The highest BCUT2D eigenvalue weighted by atomic mass is 16.2. The Bertz CT molecular complexity index is 693. The average molecular weight is 283 g/mol. The van der Waals surface area contributed by atoms with Crippen LogP contribution in [-0.2, 0) is 0 Å². The van der Waals surface area contributed by atoms with Crippen LogP contribution in [0, 0.1) is 11.8 Å². The van der Waals surface area contributed by atoms with Gasteiger partial charge in [0.25, 0.3) is 5.91 Å². The summed E-state index contributed by atoms with van der Waals surface area (Å²) in [6.07, 6.45) is 3.39. The molecule has 5 nitrogen and oxygen atoms in total. The van der Waals surface area contributed by atoms with Gasteiger partial charge < -0.3 is 10.4 Å². The smallest absolute Gasteiger partial charge is 0.257 e. The third-order valence-electron chi connectivity index (χ3n) is 2.86. The molecule has 1 aromatic heterocycles. The summed E-state index contributed by atoms with van der Waals surface area (Å²) in [5.74, 6) is 5.07. The van der Waals surface area contributed by atoms with E-state index in [1.807, 2.05) is 13.8 Å². The van der Waals surface area contributed by atoms with Crippen molar-refractivity contribution in [2.45, 2.75) is 19.9 Å². The number of hydrogen-bond acceptors (Lipinski definition) is 3. The first-order valence-corrected chi connectivity index (χ1v) is 6.66. The molecule has 0 saturated heterocycles. The number of nitrogens with one attached hydrogen (secondary N) is 1. The van der Waals surface area contributed by atoms with Gasteiger partial charge in [-0.3, -0.25) is 9.48 Å². The zero-order valence-corrected chi connectivity index (χ0v) is 12.0. The van der Waals surface area contributed by atoms with Crippen molar-refractivity contribution in [1.82, 2.24) is 9.78 Å². The number of aliphatic hydroxyl groups is 1. The van der Waals surface area contributed by atoms with Gasteiger partial charge in [0.15, 0.2) is 0 Å². The summed E-state index contributed by atoms with van der Waals surface area (Å²) in [5.41, 5.74) is 1.69. The first kappa shape index (κ1) is 14.8. The maximum absolute atomic E-state index is 12.3. The molecule has 1 aromatic carbocycles. The van der Waals surface area contributed by atoms with Crippen molar-refractivity contribution in [3.05, 3.63) is 47.8 Å². The highest BCUT2D eigenvalue weighted by Crippen LogP contribution is 2.13. The maximum Gasteiger partial charge on any atom is 0.257 e. The van der Waals surface area contributed by atoms with Gasteiger partial charge in [-0.25, -0.2) is 0 Å². The molecule has 21 heavy (non-hydrogen) atoms. The van der Waals surface area contributed by atoms with E-state index in [2.05, 4.69) is 22.3 Å². The second-order valence-electron chi connectivity index (χ2n) is 4.76. The maximum atomic E-state index is 12.3. The standard InChI is InChI=1S/C16H17N3O2/c1-12(2)19-11-14(10-17-19)18-16(21)15-8-4-3-6-13(15)7-5-9-20/h3-4,6,8,10-12,20H,9H2,1-2H3,(H,18,21). The lowest BCUT2D eigenvalue weighted by Gasteiger charge is -2.05. The Balaban J connectivity index is 2.20. The minimum Gasteiger partial charge on any atom is -0.384 e. The van der Waals surface area contributed by atoms with E-state index in [9.17, 15) is 4.79 Å². The summed E-state index contributed by atoms with van der Waals surface area (Å²) in [4.78, 5) is 12.3. The predicted octanol–water partition coefficient (Wildman–Crippen LogP) is 2.06. The molecule has 0 aliphatic rings. The monoisotopic (exact) mass is 283 g/mol. The minimum atomic E-state index is -0.249. The molecule has 0 fully saturated rings. The van der Waals surface area contributed by atoms with Crippen LogP contribution in [0.1, 0.15) is 35.8 Å². The lowest BCUT2D eigenvalue weighted by Crippen LogP contribution is -2.13. The van der Waals surface area contributed by atoms with Gasteiger partial charge in [-0.2, -0.15) is 5.10 Å². The molecule has 2 rings (SSSR count). The lowest BCUT2D eigenvalue weighted by molar-refractivity contribution is 0.102. The molecule has 0 spiro atoms. The average Bonchev–Trinajstić information content (AvgIpc) is 2.94. The van der Waals surface area contributed by atoms with Crippen molar-refractivity contribution < 1.29 is 9.90 Å². The number of carbonyl (C=O) groups is 1. The van der Waals surface area contributed by atoms with Gasteiger partial charge in [0, 0.05) is 17.8 Å². The molecule has 0 atom stereocenters. The Morgan fingerprint density at radius 2 is 2.19 bits per heavy atom. The third-order valence-corrected chi connectivity index (χ3v) is 2.86. The van der Waals surface area contributed by atoms with Crippen LogP contribution in [0.25, 0.3) is 0 Å². The van der Waals surface area contributed by atoms with Gasteiger partial charge in [0.2, 0.25) is 0 Å². The zero-order chi connectivity index (χ0) is 15.2. The molecule has 0 saturated carbocycles. The fourth-order valence-electron chi connectivity index (χ4n) is 1.81.